The smallest absolute Gasteiger partial charge is 0.166 e. The topological polar surface area (TPSA) is 26.3 Å². The van der Waals surface area contributed by atoms with Crippen LogP contribution in [-0.4, -0.2) is 19.0 Å². The summed E-state index contributed by atoms with van der Waals surface area (Å²) < 4.78 is 5.46. The van der Waals surface area contributed by atoms with Crippen molar-refractivity contribution in [2.45, 2.75) is 38.2 Å². The van der Waals surface area contributed by atoms with E-state index in [9.17, 15) is 4.79 Å². The molecule has 0 aromatic carbocycles. The van der Waals surface area contributed by atoms with Gasteiger partial charge in [-0.15, -0.1) is 13.2 Å². The van der Waals surface area contributed by atoms with Crippen molar-refractivity contribution in [2.24, 2.45) is 17.3 Å². The van der Waals surface area contributed by atoms with Gasteiger partial charge in [0.05, 0.1) is 0 Å². The highest BCUT2D eigenvalue weighted by Gasteiger charge is 2.50. The van der Waals surface area contributed by atoms with Crippen molar-refractivity contribution in [1.82, 2.24) is 0 Å². The maximum absolute atomic E-state index is 12.5. The largest absolute Gasteiger partial charge is 0.372 e. The molecule has 3 atom stereocenters. The standard InChI is InChI=1S/C15H22O2/c1-4-15(5-2)10-11-8-6-7-9-12(11)13(16)14(15)17-3/h4-5,11-12,14H,1-2,6-10H2,3H3/t11-,12+,14?/m1/s1. The number of fused-ring (bicyclic) bond motifs is 1. The van der Waals surface area contributed by atoms with Gasteiger partial charge < -0.3 is 4.74 Å². The molecule has 0 radical (unpaired) electrons. The van der Waals surface area contributed by atoms with E-state index in [0.29, 0.717) is 5.92 Å². The molecule has 94 valence electrons. The quantitative estimate of drug-likeness (QED) is 0.701. The van der Waals surface area contributed by atoms with Gasteiger partial charge in [-0.3, -0.25) is 4.79 Å². The van der Waals surface area contributed by atoms with Crippen molar-refractivity contribution in [3.63, 3.8) is 0 Å². The minimum Gasteiger partial charge on any atom is -0.372 e. The second kappa shape index (κ2) is 4.77. The van der Waals surface area contributed by atoms with Crippen LogP contribution in [0.15, 0.2) is 25.3 Å². The first-order valence-electron chi connectivity index (χ1n) is 6.52. The number of hydrogen-bond acceptors (Lipinski definition) is 2. The molecule has 0 aromatic rings. The van der Waals surface area contributed by atoms with Crippen LogP contribution < -0.4 is 0 Å². The summed E-state index contributed by atoms with van der Waals surface area (Å²) in [4.78, 5) is 12.5. The van der Waals surface area contributed by atoms with Gasteiger partial charge in [0.25, 0.3) is 0 Å². The Morgan fingerprint density at radius 3 is 2.53 bits per heavy atom. The lowest BCUT2D eigenvalue weighted by Gasteiger charge is -2.47. The fourth-order valence-electron chi connectivity index (χ4n) is 3.65. The Labute approximate surface area is 104 Å². The lowest BCUT2D eigenvalue weighted by Crippen LogP contribution is -2.51. The molecule has 0 aliphatic heterocycles. The number of ether oxygens (including phenoxy) is 1. The van der Waals surface area contributed by atoms with Gasteiger partial charge in [0.2, 0.25) is 0 Å². The van der Waals surface area contributed by atoms with Crippen LogP contribution >= 0.6 is 0 Å². The summed E-state index contributed by atoms with van der Waals surface area (Å²) in [6.07, 6.45) is 8.93. The molecular weight excluding hydrogens is 212 g/mol. The van der Waals surface area contributed by atoms with Crippen LogP contribution in [0.3, 0.4) is 0 Å². The van der Waals surface area contributed by atoms with E-state index in [1.165, 1.54) is 12.8 Å². The van der Waals surface area contributed by atoms with E-state index in [1.807, 2.05) is 12.2 Å². The summed E-state index contributed by atoms with van der Waals surface area (Å²) in [5.41, 5.74) is -0.357. The van der Waals surface area contributed by atoms with Gasteiger partial charge in [0.1, 0.15) is 6.10 Å². The number of Topliss-reactive ketones (excluding diaryl/α,β-unsaturated/α-hetero) is 1. The first-order valence-corrected chi connectivity index (χ1v) is 6.52. The predicted molar refractivity (Wildman–Crippen MR) is 68.7 cm³/mol. The normalized spacial score (nSPS) is 36.1. The lowest BCUT2D eigenvalue weighted by atomic mass is 9.59. The van der Waals surface area contributed by atoms with E-state index < -0.39 is 0 Å². The molecule has 1 unspecified atom stereocenters. The second-order valence-corrected chi connectivity index (χ2v) is 5.39. The minimum absolute atomic E-state index is 0.210. The van der Waals surface area contributed by atoms with Gasteiger partial charge in [0.15, 0.2) is 5.78 Å². The van der Waals surface area contributed by atoms with Gasteiger partial charge in [-0.1, -0.05) is 25.0 Å². The van der Waals surface area contributed by atoms with Crippen molar-refractivity contribution >= 4 is 5.78 Å². The Kier molecular flexibility index (Phi) is 3.53. The molecule has 0 N–H and O–H groups in total. The van der Waals surface area contributed by atoms with Crippen LogP contribution in [0.4, 0.5) is 0 Å². The molecule has 2 heteroatoms. The molecule has 0 spiro atoms. The zero-order valence-corrected chi connectivity index (χ0v) is 10.7. The first kappa shape index (κ1) is 12.6. The van der Waals surface area contributed by atoms with E-state index in [2.05, 4.69) is 13.2 Å². The number of rotatable bonds is 3. The van der Waals surface area contributed by atoms with Crippen molar-refractivity contribution in [3.8, 4) is 0 Å². The third-order valence-corrected chi connectivity index (χ3v) is 4.63. The maximum Gasteiger partial charge on any atom is 0.166 e. The monoisotopic (exact) mass is 234 g/mol. The Balaban J connectivity index is 2.33. The molecule has 0 heterocycles. The van der Waals surface area contributed by atoms with Crippen LogP contribution in [0.1, 0.15) is 32.1 Å². The average Bonchev–Trinajstić information content (AvgIpc) is 2.38. The number of ketones is 1. The van der Waals surface area contributed by atoms with E-state index in [1.54, 1.807) is 7.11 Å². The van der Waals surface area contributed by atoms with Gasteiger partial charge in [-0.2, -0.15) is 0 Å². The molecular formula is C15H22O2. The zero-order chi connectivity index (χ0) is 12.5. The SMILES string of the molecule is C=CC1(C=C)C[C@H]2CCCC[C@@H]2C(=O)C1OC. The molecule has 0 saturated heterocycles. The molecule has 2 saturated carbocycles. The van der Waals surface area contributed by atoms with E-state index in [-0.39, 0.29) is 23.2 Å². The van der Waals surface area contributed by atoms with E-state index >= 15 is 0 Å². The number of carbonyl (C=O) groups is 1. The third kappa shape index (κ3) is 1.89. The Hall–Kier alpha value is -0.890. The summed E-state index contributed by atoms with van der Waals surface area (Å²) in [6, 6.07) is 0. The average molecular weight is 234 g/mol. The number of hydrogen-bond donors (Lipinski definition) is 0. The number of methoxy groups -OCH3 is 1. The summed E-state index contributed by atoms with van der Waals surface area (Å²) in [5, 5.41) is 0. The summed E-state index contributed by atoms with van der Waals surface area (Å²) in [5.74, 6) is 0.976. The first-order chi connectivity index (χ1) is 8.18. The molecule has 2 rings (SSSR count). The van der Waals surface area contributed by atoms with Crippen LogP contribution in [0.25, 0.3) is 0 Å². The summed E-state index contributed by atoms with van der Waals surface area (Å²) in [7, 11) is 1.62. The van der Waals surface area contributed by atoms with Crippen LogP contribution in [0, 0.1) is 17.3 Å². The minimum atomic E-state index is -0.378. The van der Waals surface area contributed by atoms with Gasteiger partial charge in [-0.05, 0) is 25.2 Å². The zero-order valence-electron chi connectivity index (χ0n) is 10.7. The Morgan fingerprint density at radius 2 is 1.94 bits per heavy atom. The van der Waals surface area contributed by atoms with Crippen molar-refractivity contribution in [1.29, 1.82) is 0 Å². The molecule has 2 nitrogen and oxygen atoms in total. The molecule has 2 fully saturated rings. The highest BCUT2D eigenvalue weighted by molar-refractivity contribution is 5.88. The lowest BCUT2D eigenvalue weighted by molar-refractivity contribution is -0.147. The van der Waals surface area contributed by atoms with Crippen LogP contribution in [0.5, 0.6) is 0 Å². The molecule has 17 heavy (non-hydrogen) atoms. The summed E-state index contributed by atoms with van der Waals surface area (Å²) in [6.45, 7) is 7.79. The Morgan fingerprint density at radius 1 is 1.29 bits per heavy atom. The predicted octanol–water partition coefficient (Wildman–Crippen LogP) is 3.14. The van der Waals surface area contributed by atoms with Crippen molar-refractivity contribution in [2.75, 3.05) is 7.11 Å². The Bertz CT molecular complexity index is 324. The van der Waals surface area contributed by atoms with Gasteiger partial charge >= 0.3 is 0 Å². The highest BCUT2D eigenvalue weighted by Crippen LogP contribution is 2.48. The maximum atomic E-state index is 12.5. The number of carbonyl (C=O) groups excluding carboxylic acids is 1. The molecule has 0 amide bonds. The molecule has 2 aliphatic carbocycles. The van der Waals surface area contributed by atoms with E-state index in [0.717, 1.165) is 19.3 Å². The van der Waals surface area contributed by atoms with Crippen LogP contribution in [-0.2, 0) is 9.53 Å². The fourth-order valence-corrected chi connectivity index (χ4v) is 3.65. The highest BCUT2D eigenvalue weighted by atomic mass is 16.5. The van der Waals surface area contributed by atoms with Gasteiger partial charge in [-0.25, -0.2) is 0 Å². The molecule has 2 aliphatic rings. The third-order valence-electron chi connectivity index (χ3n) is 4.63. The van der Waals surface area contributed by atoms with E-state index in [4.69, 9.17) is 4.74 Å². The second-order valence-electron chi connectivity index (χ2n) is 5.39. The molecule has 0 aromatic heterocycles. The van der Waals surface area contributed by atoms with Gasteiger partial charge in [0, 0.05) is 18.4 Å². The summed E-state index contributed by atoms with van der Waals surface area (Å²) >= 11 is 0. The van der Waals surface area contributed by atoms with Crippen molar-refractivity contribution < 1.29 is 9.53 Å². The van der Waals surface area contributed by atoms with Crippen LogP contribution in [0.2, 0.25) is 0 Å². The fraction of sp³-hybridized carbons (Fsp3) is 0.667. The van der Waals surface area contributed by atoms with Crippen molar-refractivity contribution in [3.05, 3.63) is 25.3 Å². The molecule has 0 bridgehead atoms.